The van der Waals surface area contributed by atoms with Crippen molar-refractivity contribution in [3.05, 3.63) is 30.1 Å². The maximum Gasteiger partial charge on any atom is 0.225 e. The van der Waals surface area contributed by atoms with Gasteiger partial charge in [0.15, 0.2) is 0 Å². The predicted octanol–water partition coefficient (Wildman–Crippen LogP) is 1.57. The molecule has 1 aromatic heterocycles. The predicted molar refractivity (Wildman–Crippen MR) is 78.3 cm³/mol. The number of aromatic nitrogens is 1. The van der Waals surface area contributed by atoms with Crippen LogP contribution in [-0.4, -0.2) is 53.4 Å². The number of nitrogens with zero attached hydrogens (tertiary/aromatic N) is 3. The normalized spacial score (nSPS) is 20.7. The summed E-state index contributed by atoms with van der Waals surface area (Å²) >= 11 is 0. The molecule has 2 fully saturated rings. The van der Waals surface area contributed by atoms with Crippen molar-refractivity contribution in [1.82, 2.24) is 14.8 Å². The van der Waals surface area contributed by atoms with Crippen molar-refractivity contribution in [2.45, 2.75) is 25.7 Å². The third kappa shape index (κ3) is 3.18. The first kappa shape index (κ1) is 13.6. The number of amides is 1. The van der Waals surface area contributed by atoms with Gasteiger partial charge in [0.1, 0.15) is 0 Å². The van der Waals surface area contributed by atoms with Gasteiger partial charge < -0.3 is 4.90 Å². The lowest BCUT2D eigenvalue weighted by atomic mass is 9.84. The highest BCUT2D eigenvalue weighted by molar-refractivity contribution is 5.79. The summed E-state index contributed by atoms with van der Waals surface area (Å²) in [6.45, 7) is 4.86. The smallest absolute Gasteiger partial charge is 0.225 e. The third-order valence-corrected chi connectivity index (χ3v) is 4.55. The second-order valence-electron chi connectivity index (χ2n) is 5.87. The molecule has 0 spiro atoms. The Balaban J connectivity index is 1.41. The zero-order valence-corrected chi connectivity index (χ0v) is 12.0. The molecular weight excluding hydrogens is 250 g/mol. The summed E-state index contributed by atoms with van der Waals surface area (Å²) in [6, 6.07) is 6.07. The lowest BCUT2D eigenvalue weighted by molar-refractivity contribution is -0.139. The van der Waals surface area contributed by atoms with E-state index in [4.69, 9.17) is 0 Å². The molecule has 108 valence electrons. The fraction of sp³-hybridized carbons (Fsp3) is 0.625. The van der Waals surface area contributed by atoms with Crippen LogP contribution in [0.15, 0.2) is 24.4 Å². The summed E-state index contributed by atoms with van der Waals surface area (Å²) in [4.78, 5) is 21.0. The Morgan fingerprint density at radius 2 is 2.00 bits per heavy atom. The number of pyridine rings is 1. The van der Waals surface area contributed by atoms with E-state index in [2.05, 4.69) is 20.9 Å². The molecule has 20 heavy (non-hydrogen) atoms. The van der Waals surface area contributed by atoms with Gasteiger partial charge in [0.05, 0.1) is 0 Å². The molecule has 0 radical (unpaired) electrons. The molecule has 2 heterocycles. The topological polar surface area (TPSA) is 36.4 Å². The van der Waals surface area contributed by atoms with Gasteiger partial charge in [0.2, 0.25) is 5.91 Å². The van der Waals surface area contributed by atoms with Crippen LogP contribution >= 0.6 is 0 Å². The molecule has 4 nitrogen and oxygen atoms in total. The minimum absolute atomic E-state index is 0.343. The summed E-state index contributed by atoms with van der Waals surface area (Å²) in [7, 11) is 0. The highest BCUT2D eigenvalue weighted by atomic mass is 16.2. The molecule has 0 aromatic carbocycles. The second kappa shape index (κ2) is 6.35. The monoisotopic (exact) mass is 273 g/mol. The van der Waals surface area contributed by atoms with Crippen LogP contribution in [0.3, 0.4) is 0 Å². The van der Waals surface area contributed by atoms with Gasteiger partial charge in [-0.1, -0.05) is 12.5 Å². The molecule has 4 heteroatoms. The van der Waals surface area contributed by atoms with Gasteiger partial charge in [-0.2, -0.15) is 0 Å². The molecular formula is C16H23N3O. The van der Waals surface area contributed by atoms with E-state index >= 15 is 0 Å². The van der Waals surface area contributed by atoms with Crippen LogP contribution in [0.2, 0.25) is 0 Å². The summed E-state index contributed by atoms with van der Waals surface area (Å²) in [5.74, 6) is 0.746. The van der Waals surface area contributed by atoms with E-state index in [1.807, 2.05) is 18.3 Å². The van der Waals surface area contributed by atoms with Gasteiger partial charge in [0.25, 0.3) is 0 Å². The molecule has 1 saturated carbocycles. The molecule has 0 atom stereocenters. The van der Waals surface area contributed by atoms with Crippen molar-refractivity contribution < 1.29 is 4.79 Å². The molecule has 1 saturated heterocycles. The lowest BCUT2D eigenvalue weighted by Crippen LogP contribution is -2.51. The van der Waals surface area contributed by atoms with Gasteiger partial charge >= 0.3 is 0 Å². The van der Waals surface area contributed by atoms with E-state index in [-0.39, 0.29) is 0 Å². The van der Waals surface area contributed by atoms with E-state index in [0.29, 0.717) is 11.8 Å². The molecule has 1 aromatic rings. The van der Waals surface area contributed by atoms with Crippen LogP contribution in [0.1, 0.15) is 25.0 Å². The van der Waals surface area contributed by atoms with E-state index in [0.717, 1.165) is 57.7 Å². The number of carbonyl (C=O) groups excluding carboxylic acids is 1. The molecule has 1 aliphatic carbocycles. The highest BCUT2D eigenvalue weighted by Crippen LogP contribution is 2.28. The second-order valence-corrected chi connectivity index (χ2v) is 5.87. The van der Waals surface area contributed by atoms with Gasteiger partial charge in [-0.3, -0.25) is 14.7 Å². The van der Waals surface area contributed by atoms with E-state index in [1.165, 1.54) is 6.42 Å². The number of hydrogen-bond acceptors (Lipinski definition) is 3. The summed E-state index contributed by atoms with van der Waals surface area (Å²) in [5, 5.41) is 0. The Morgan fingerprint density at radius 1 is 1.20 bits per heavy atom. The first-order chi connectivity index (χ1) is 9.83. The fourth-order valence-electron chi connectivity index (χ4n) is 2.92. The number of hydrogen-bond donors (Lipinski definition) is 0. The van der Waals surface area contributed by atoms with Gasteiger partial charge in [-0.05, 0) is 25.0 Å². The number of carbonyl (C=O) groups is 1. The van der Waals surface area contributed by atoms with Crippen molar-refractivity contribution in [1.29, 1.82) is 0 Å². The van der Waals surface area contributed by atoms with Crippen LogP contribution in [0.25, 0.3) is 0 Å². The van der Waals surface area contributed by atoms with Crippen molar-refractivity contribution in [2.24, 2.45) is 5.92 Å². The Bertz CT molecular complexity index is 436. The minimum atomic E-state index is 0.343. The van der Waals surface area contributed by atoms with Crippen molar-refractivity contribution in [3.63, 3.8) is 0 Å². The Hall–Kier alpha value is -1.42. The molecule has 3 rings (SSSR count). The molecule has 0 bridgehead atoms. The van der Waals surface area contributed by atoms with E-state index < -0.39 is 0 Å². The maximum absolute atomic E-state index is 12.2. The van der Waals surface area contributed by atoms with Crippen molar-refractivity contribution >= 4 is 5.91 Å². The van der Waals surface area contributed by atoms with Crippen LogP contribution < -0.4 is 0 Å². The van der Waals surface area contributed by atoms with E-state index in [9.17, 15) is 4.79 Å². The molecule has 1 amide bonds. The molecule has 1 aliphatic heterocycles. The van der Waals surface area contributed by atoms with Gasteiger partial charge in [-0.25, -0.2) is 0 Å². The van der Waals surface area contributed by atoms with Crippen molar-refractivity contribution in [3.8, 4) is 0 Å². The minimum Gasteiger partial charge on any atom is -0.340 e. The van der Waals surface area contributed by atoms with E-state index in [1.54, 1.807) is 0 Å². The Morgan fingerprint density at radius 3 is 2.60 bits per heavy atom. The first-order valence-electron chi connectivity index (χ1n) is 7.74. The summed E-state index contributed by atoms with van der Waals surface area (Å²) in [5.41, 5.74) is 1.15. The van der Waals surface area contributed by atoms with Gasteiger partial charge in [0, 0.05) is 57.0 Å². The van der Waals surface area contributed by atoms with Crippen LogP contribution in [0, 0.1) is 5.92 Å². The molecule has 2 aliphatic rings. The quantitative estimate of drug-likeness (QED) is 0.835. The number of rotatable bonds is 4. The largest absolute Gasteiger partial charge is 0.340 e. The first-order valence-corrected chi connectivity index (χ1v) is 7.74. The lowest BCUT2D eigenvalue weighted by Gasteiger charge is -2.38. The zero-order valence-electron chi connectivity index (χ0n) is 12.0. The Labute approximate surface area is 120 Å². The fourth-order valence-corrected chi connectivity index (χ4v) is 2.92. The van der Waals surface area contributed by atoms with Crippen LogP contribution in [0.5, 0.6) is 0 Å². The Kier molecular flexibility index (Phi) is 4.31. The molecule has 0 N–H and O–H groups in total. The average molecular weight is 273 g/mol. The SMILES string of the molecule is O=C(C1CCC1)N1CCN(CCc2ccccn2)CC1. The number of piperazine rings is 1. The standard InChI is InChI=1S/C16H23N3O/c20-16(14-4-3-5-14)19-12-10-18(11-13-19)9-7-15-6-1-2-8-17-15/h1-2,6,8,14H,3-5,7,9-13H2. The van der Waals surface area contributed by atoms with Crippen molar-refractivity contribution in [2.75, 3.05) is 32.7 Å². The van der Waals surface area contributed by atoms with Crippen LogP contribution in [-0.2, 0) is 11.2 Å². The maximum atomic E-state index is 12.2. The highest BCUT2D eigenvalue weighted by Gasteiger charge is 2.30. The summed E-state index contributed by atoms with van der Waals surface area (Å²) < 4.78 is 0. The average Bonchev–Trinajstić information content (AvgIpc) is 2.45. The zero-order chi connectivity index (χ0) is 13.8. The summed E-state index contributed by atoms with van der Waals surface area (Å²) in [6.07, 6.45) is 6.31. The third-order valence-electron chi connectivity index (χ3n) is 4.55. The van der Waals surface area contributed by atoms with Gasteiger partial charge in [-0.15, -0.1) is 0 Å². The molecule has 0 unspecified atom stereocenters. The van der Waals surface area contributed by atoms with Crippen LogP contribution in [0.4, 0.5) is 0 Å².